The molecule has 1 unspecified atom stereocenters. The maximum absolute atomic E-state index is 6.31. The van der Waals surface area contributed by atoms with E-state index in [4.69, 9.17) is 5.73 Å². The van der Waals surface area contributed by atoms with Crippen molar-refractivity contribution in [1.82, 2.24) is 9.59 Å². The van der Waals surface area contributed by atoms with Crippen LogP contribution in [0.4, 0.5) is 0 Å². The summed E-state index contributed by atoms with van der Waals surface area (Å²) in [5.41, 5.74) is 8.47. The first-order valence-corrected chi connectivity index (χ1v) is 7.18. The lowest BCUT2D eigenvalue weighted by Gasteiger charge is -2.19. The van der Waals surface area contributed by atoms with Crippen molar-refractivity contribution in [2.75, 3.05) is 0 Å². The number of rotatable bonds is 2. The molecule has 0 aliphatic carbocycles. The summed E-state index contributed by atoms with van der Waals surface area (Å²) >= 11 is 3.13. The van der Waals surface area contributed by atoms with Crippen molar-refractivity contribution in [3.63, 3.8) is 0 Å². The third-order valence-electron chi connectivity index (χ3n) is 2.62. The topological polar surface area (TPSA) is 51.8 Å². The molecule has 5 heteroatoms. The summed E-state index contributed by atoms with van der Waals surface area (Å²) in [6.45, 7) is 8.51. The maximum atomic E-state index is 6.31. The first-order valence-electron chi connectivity index (χ1n) is 5.53. The highest BCUT2D eigenvalue weighted by atomic mass is 32.1. The zero-order valence-electron chi connectivity index (χ0n) is 10.5. The van der Waals surface area contributed by atoms with E-state index in [-0.39, 0.29) is 11.5 Å². The standard InChI is InChI=1S/C12H17N3S2/c1-7-5-8(6-16-7)9(13)10-11(12(2,3)4)14-15-17-10/h5-6,9H,13H2,1-4H3. The lowest BCUT2D eigenvalue weighted by atomic mass is 9.89. The molecule has 1 atom stereocenters. The Morgan fingerprint density at radius 1 is 1.35 bits per heavy atom. The number of aryl methyl sites for hydroxylation is 1. The molecule has 0 saturated carbocycles. The predicted molar refractivity (Wildman–Crippen MR) is 73.7 cm³/mol. The molecule has 2 rings (SSSR count). The summed E-state index contributed by atoms with van der Waals surface area (Å²) in [5.74, 6) is 0. The average Bonchev–Trinajstić information content (AvgIpc) is 2.83. The smallest absolute Gasteiger partial charge is 0.0860 e. The summed E-state index contributed by atoms with van der Waals surface area (Å²) in [7, 11) is 0. The molecule has 2 aromatic heterocycles. The molecule has 0 saturated heterocycles. The Labute approximate surface area is 110 Å². The van der Waals surface area contributed by atoms with Crippen LogP contribution in [0.25, 0.3) is 0 Å². The highest BCUT2D eigenvalue weighted by Gasteiger charge is 2.26. The van der Waals surface area contributed by atoms with Crippen LogP contribution in [0.1, 0.15) is 47.8 Å². The molecule has 2 aromatic rings. The number of nitrogens with zero attached hydrogens (tertiary/aromatic N) is 2. The van der Waals surface area contributed by atoms with Crippen LogP contribution in [0.2, 0.25) is 0 Å². The third-order valence-corrected chi connectivity index (χ3v) is 4.30. The molecule has 0 aliphatic rings. The molecule has 0 aliphatic heterocycles. The lowest BCUT2D eigenvalue weighted by molar-refractivity contribution is 0.557. The van der Waals surface area contributed by atoms with E-state index in [1.54, 1.807) is 11.3 Å². The van der Waals surface area contributed by atoms with Crippen LogP contribution >= 0.6 is 22.9 Å². The molecule has 0 fully saturated rings. The van der Waals surface area contributed by atoms with Gasteiger partial charge in [0, 0.05) is 10.3 Å². The third kappa shape index (κ3) is 2.56. The maximum Gasteiger partial charge on any atom is 0.0860 e. The Bertz CT molecular complexity index is 508. The Kier molecular flexibility index (Phi) is 3.34. The minimum absolute atomic E-state index is 0.00891. The fourth-order valence-corrected chi connectivity index (χ4v) is 3.33. The first kappa shape index (κ1) is 12.7. The monoisotopic (exact) mass is 267 g/mol. The number of aromatic nitrogens is 2. The van der Waals surface area contributed by atoms with Gasteiger partial charge in [0.05, 0.1) is 16.6 Å². The largest absolute Gasteiger partial charge is 0.319 e. The van der Waals surface area contributed by atoms with E-state index in [2.05, 4.69) is 48.7 Å². The van der Waals surface area contributed by atoms with Crippen molar-refractivity contribution in [2.24, 2.45) is 5.73 Å². The number of nitrogens with two attached hydrogens (primary N) is 1. The Morgan fingerprint density at radius 2 is 2.06 bits per heavy atom. The molecule has 0 aromatic carbocycles. The average molecular weight is 267 g/mol. The normalized spacial score (nSPS) is 13.9. The molecule has 3 nitrogen and oxygen atoms in total. The van der Waals surface area contributed by atoms with Gasteiger partial charge in [-0.15, -0.1) is 16.4 Å². The van der Waals surface area contributed by atoms with Gasteiger partial charge in [-0.25, -0.2) is 0 Å². The van der Waals surface area contributed by atoms with Crippen molar-refractivity contribution >= 4 is 22.9 Å². The van der Waals surface area contributed by atoms with Gasteiger partial charge in [0.2, 0.25) is 0 Å². The molecule has 92 valence electrons. The van der Waals surface area contributed by atoms with Crippen molar-refractivity contribution in [2.45, 2.75) is 39.2 Å². The number of hydrogen-bond acceptors (Lipinski definition) is 5. The minimum Gasteiger partial charge on any atom is -0.319 e. The summed E-state index contributed by atoms with van der Waals surface area (Å²) in [6, 6.07) is 2.04. The van der Waals surface area contributed by atoms with Gasteiger partial charge in [-0.3, -0.25) is 0 Å². The van der Waals surface area contributed by atoms with Gasteiger partial charge in [-0.1, -0.05) is 25.3 Å². The van der Waals surface area contributed by atoms with Gasteiger partial charge in [0.25, 0.3) is 0 Å². The van der Waals surface area contributed by atoms with Gasteiger partial charge in [-0.05, 0) is 35.5 Å². The number of thiophene rings is 1. The summed E-state index contributed by atoms with van der Waals surface area (Å²) in [4.78, 5) is 2.36. The molecule has 0 spiro atoms. The van der Waals surface area contributed by atoms with E-state index < -0.39 is 0 Å². The first-order chi connectivity index (χ1) is 7.89. The van der Waals surface area contributed by atoms with Crippen molar-refractivity contribution < 1.29 is 0 Å². The quantitative estimate of drug-likeness (QED) is 0.908. The predicted octanol–water partition coefficient (Wildman–Crippen LogP) is 3.25. The molecule has 2 N–H and O–H groups in total. The van der Waals surface area contributed by atoms with Gasteiger partial charge in [0.1, 0.15) is 0 Å². The second kappa shape index (κ2) is 4.48. The molecular weight excluding hydrogens is 250 g/mol. The van der Waals surface area contributed by atoms with E-state index in [1.807, 2.05) is 0 Å². The fourth-order valence-electron chi connectivity index (χ4n) is 1.70. The van der Waals surface area contributed by atoms with E-state index in [0.717, 1.165) is 16.1 Å². The van der Waals surface area contributed by atoms with Crippen LogP contribution < -0.4 is 5.73 Å². The summed E-state index contributed by atoms with van der Waals surface area (Å²) in [5, 5.41) is 6.35. The zero-order valence-corrected chi connectivity index (χ0v) is 12.2. The summed E-state index contributed by atoms with van der Waals surface area (Å²) in [6.07, 6.45) is 0. The van der Waals surface area contributed by atoms with E-state index >= 15 is 0 Å². The van der Waals surface area contributed by atoms with Crippen LogP contribution in [0.3, 0.4) is 0 Å². The van der Waals surface area contributed by atoms with Crippen LogP contribution in [0.15, 0.2) is 11.4 Å². The minimum atomic E-state index is -0.103. The zero-order chi connectivity index (χ0) is 12.6. The molecular formula is C12H17N3S2. The molecule has 0 radical (unpaired) electrons. The number of hydrogen-bond donors (Lipinski definition) is 1. The highest BCUT2D eigenvalue weighted by molar-refractivity contribution is 7.10. The van der Waals surface area contributed by atoms with Gasteiger partial charge >= 0.3 is 0 Å². The molecule has 0 amide bonds. The Morgan fingerprint density at radius 3 is 2.59 bits per heavy atom. The van der Waals surface area contributed by atoms with Gasteiger partial charge in [0.15, 0.2) is 0 Å². The lowest BCUT2D eigenvalue weighted by Crippen LogP contribution is -2.19. The SMILES string of the molecule is Cc1cc(C(N)c2snnc2C(C)(C)C)cs1. The van der Waals surface area contributed by atoms with Gasteiger partial charge < -0.3 is 5.73 Å². The fraction of sp³-hybridized carbons (Fsp3) is 0.500. The van der Waals surface area contributed by atoms with Gasteiger partial charge in [-0.2, -0.15) is 0 Å². The second-order valence-corrected chi connectivity index (χ2v) is 7.11. The van der Waals surface area contributed by atoms with Crippen LogP contribution in [-0.2, 0) is 5.41 Å². The highest BCUT2D eigenvalue weighted by Crippen LogP contribution is 2.33. The Hall–Kier alpha value is -0.780. The Balaban J connectivity index is 2.38. The van der Waals surface area contributed by atoms with Crippen molar-refractivity contribution in [3.05, 3.63) is 32.5 Å². The van der Waals surface area contributed by atoms with Crippen molar-refractivity contribution in [1.29, 1.82) is 0 Å². The summed E-state index contributed by atoms with van der Waals surface area (Å²) < 4.78 is 4.06. The van der Waals surface area contributed by atoms with Crippen LogP contribution in [-0.4, -0.2) is 9.59 Å². The molecule has 2 heterocycles. The van der Waals surface area contributed by atoms with E-state index in [0.29, 0.717) is 0 Å². The second-order valence-electron chi connectivity index (χ2n) is 5.20. The van der Waals surface area contributed by atoms with E-state index in [1.165, 1.54) is 16.4 Å². The van der Waals surface area contributed by atoms with Crippen LogP contribution in [0, 0.1) is 6.92 Å². The van der Waals surface area contributed by atoms with Crippen molar-refractivity contribution in [3.8, 4) is 0 Å². The molecule has 0 bridgehead atoms. The molecule has 17 heavy (non-hydrogen) atoms. The van der Waals surface area contributed by atoms with E-state index in [9.17, 15) is 0 Å². The van der Waals surface area contributed by atoms with Crippen LogP contribution in [0.5, 0.6) is 0 Å².